The smallest absolute Gasteiger partial charge is 0.328 e. The Kier molecular flexibility index (Phi) is 14.3. The molecule has 1 aromatic heterocycles. The van der Waals surface area contributed by atoms with Crippen molar-refractivity contribution in [2.45, 2.75) is 56.4 Å². The number of guanidine groups is 1. The van der Waals surface area contributed by atoms with Gasteiger partial charge in [0.15, 0.2) is 5.96 Å². The van der Waals surface area contributed by atoms with Crippen LogP contribution in [0.25, 0.3) is 0 Å². The van der Waals surface area contributed by atoms with Crippen molar-refractivity contribution in [1.82, 2.24) is 36.0 Å². The Labute approximate surface area is 285 Å². The van der Waals surface area contributed by atoms with E-state index < -0.39 is 16.1 Å². The SMILES string of the molecule is Cc1cnc(C(=O)NCCc2ccc(S(=O)(=O)NC(=O)NC3CCCCC3)cc2)cn1.Cl.Clc1cccc(Cl)c1N=C1NCCN1. The summed E-state index contributed by atoms with van der Waals surface area (Å²) in [6.07, 6.45) is 8.43. The molecule has 1 aliphatic carbocycles. The van der Waals surface area contributed by atoms with Gasteiger partial charge in [0.1, 0.15) is 11.4 Å². The van der Waals surface area contributed by atoms with Crippen LogP contribution >= 0.6 is 35.6 Å². The molecule has 1 saturated carbocycles. The molecule has 248 valence electrons. The molecule has 2 heterocycles. The zero-order chi connectivity index (χ0) is 32.2. The van der Waals surface area contributed by atoms with Crippen molar-refractivity contribution in [3.8, 4) is 0 Å². The number of carbonyl (C=O) groups is 2. The number of sulfonamides is 1. The van der Waals surface area contributed by atoms with Crippen molar-refractivity contribution in [2.75, 3.05) is 19.6 Å². The molecule has 0 atom stereocenters. The number of rotatable bonds is 8. The predicted molar refractivity (Wildman–Crippen MR) is 182 cm³/mol. The van der Waals surface area contributed by atoms with E-state index in [1.807, 2.05) is 0 Å². The van der Waals surface area contributed by atoms with Gasteiger partial charge in [-0.25, -0.2) is 27.9 Å². The van der Waals surface area contributed by atoms with Gasteiger partial charge in [-0.3, -0.25) is 9.78 Å². The molecule has 46 heavy (non-hydrogen) atoms. The highest BCUT2D eigenvalue weighted by molar-refractivity contribution is 7.90. The molecule has 5 rings (SSSR count). The first-order valence-corrected chi connectivity index (χ1v) is 16.8. The van der Waals surface area contributed by atoms with Gasteiger partial charge < -0.3 is 21.3 Å². The summed E-state index contributed by atoms with van der Waals surface area (Å²) in [5.74, 6) is 0.403. The zero-order valence-corrected chi connectivity index (χ0v) is 28.3. The molecule has 5 N–H and O–H groups in total. The van der Waals surface area contributed by atoms with E-state index in [9.17, 15) is 18.0 Å². The minimum absolute atomic E-state index is 0. The van der Waals surface area contributed by atoms with E-state index >= 15 is 0 Å². The van der Waals surface area contributed by atoms with Crippen LogP contribution in [0.2, 0.25) is 10.0 Å². The standard InChI is InChI=1S/C21H27N5O4S.C9H9Cl2N3.ClH/c1-15-13-24-19(14-23-15)20(27)22-12-11-16-7-9-18(10-8-16)31(29,30)26-21(28)25-17-5-3-2-4-6-17;10-6-2-1-3-7(11)8(6)14-9-12-4-5-13-9;/h7-10,13-14,17H,2-6,11-12H2,1H3,(H,22,27)(H2,25,26,28);1-3H,4-5H2,(H2,12,13,14);1H. The molecular formula is C30H37Cl3N8O4S. The quantitative estimate of drug-likeness (QED) is 0.225. The Hall–Kier alpha value is -3.65. The molecule has 0 unspecified atom stereocenters. The van der Waals surface area contributed by atoms with Gasteiger partial charge in [0.05, 0.1) is 26.8 Å². The summed E-state index contributed by atoms with van der Waals surface area (Å²) in [5, 5.41) is 12.8. The van der Waals surface area contributed by atoms with Gasteiger partial charge in [0, 0.05) is 31.9 Å². The fraction of sp³-hybridized carbons (Fsp3) is 0.367. The lowest BCUT2D eigenvalue weighted by Gasteiger charge is -2.22. The number of nitrogens with zero attached hydrogens (tertiary/aromatic N) is 3. The number of aryl methyl sites for hydroxylation is 1. The van der Waals surface area contributed by atoms with Crippen molar-refractivity contribution in [1.29, 1.82) is 0 Å². The van der Waals surface area contributed by atoms with E-state index in [-0.39, 0.29) is 34.9 Å². The zero-order valence-electron chi connectivity index (χ0n) is 25.2. The normalized spacial score (nSPS) is 14.4. The van der Waals surface area contributed by atoms with Crippen LogP contribution in [0.5, 0.6) is 0 Å². The van der Waals surface area contributed by atoms with Gasteiger partial charge in [0.2, 0.25) is 0 Å². The number of nitrogens with one attached hydrogen (secondary N) is 5. The lowest BCUT2D eigenvalue weighted by molar-refractivity contribution is 0.0948. The Morgan fingerprint density at radius 1 is 0.957 bits per heavy atom. The van der Waals surface area contributed by atoms with E-state index in [0.29, 0.717) is 28.7 Å². The number of hydrogen-bond acceptors (Lipinski definition) is 7. The molecule has 16 heteroatoms. The van der Waals surface area contributed by atoms with Crippen molar-refractivity contribution < 1.29 is 18.0 Å². The van der Waals surface area contributed by atoms with Gasteiger partial charge in [-0.05, 0) is 56.0 Å². The van der Waals surface area contributed by atoms with E-state index in [2.05, 4.69) is 40.9 Å². The maximum absolute atomic E-state index is 12.4. The summed E-state index contributed by atoms with van der Waals surface area (Å²) in [7, 11) is -3.95. The molecule has 2 aromatic carbocycles. The molecule has 1 saturated heterocycles. The molecule has 3 aromatic rings. The van der Waals surface area contributed by atoms with Crippen molar-refractivity contribution in [3.63, 3.8) is 0 Å². The van der Waals surface area contributed by atoms with E-state index in [4.69, 9.17) is 23.2 Å². The van der Waals surface area contributed by atoms with Gasteiger partial charge in [-0.2, -0.15) is 0 Å². The molecule has 2 fully saturated rings. The summed E-state index contributed by atoms with van der Waals surface area (Å²) in [6.45, 7) is 3.90. The highest BCUT2D eigenvalue weighted by Crippen LogP contribution is 2.32. The Morgan fingerprint density at radius 2 is 1.61 bits per heavy atom. The largest absolute Gasteiger partial charge is 0.354 e. The summed E-state index contributed by atoms with van der Waals surface area (Å²) < 4.78 is 26.9. The van der Waals surface area contributed by atoms with Crippen molar-refractivity contribution in [3.05, 3.63) is 81.9 Å². The van der Waals surface area contributed by atoms with Crippen LogP contribution in [0.15, 0.2) is 64.7 Å². The fourth-order valence-electron chi connectivity index (χ4n) is 4.61. The number of aromatic nitrogens is 2. The average molecular weight is 712 g/mol. The first-order valence-electron chi connectivity index (χ1n) is 14.6. The van der Waals surface area contributed by atoms with Gasteiger partial charge in [-0.15, -0.1) is 12.4 Å². The van der Waals surface area contributed by atoms with Crippen LogP contribution < -0.4 is 26.0 Å². The Balaban J connectivity index is 0.000000320. The number of benzene rings is 2. The van der Waals surface area contributed by atoms with E-state index in [1.165, 1.54) is 24.5 Å². The second kappa shape index (κ2) is 17.9. The van der Waals surface area contributed by atoms with Crippen molar-refractivity contribution in [2.24, 2.45) is 4.99 Å². The minimum atomic E-state index is -3.95. The van der Waals surface area contributed by atoms with Gasteiger partial charge in [0.25, 0.3) is 15.9 Å². The Morgan fingerprint density at radius 3 is 2.22 bits per heavy atom. The maximum Gasteiger partial charge on any atom is 0.328 e. The molecule has 1 aliphatic heterocycles. The highest BCUT2D eigenvalue weighted by atomic mass is 35.5. The summed E-state index contributed by atoms with van der Waals surface area (Å²) in [5.41, 5.74) is 2.42. The molecular weight excluding hydrogens is 675 g/mol. The van der Waals surface area contributed by atoms with E-state index in [1.54, 1.807) is 37.3 Å². The first-order chi connectivity index (χ1) is 21.6. The fourth-order valence-corrected chi connectivity index (χ4v) is 6.01. The van der Waals surface area contributed by atoms with Crippen LogP contribution in [0.4, 0.5) is 10.5 Å². The lowest BCUT2D eigenvalue weighted by atomic mass is 9.96. The third-order valence-corrected chi connectivity index (χ3v) is 8.94. The van der Waals surface area contributed by atoms with Crippen LogP contribution in [0.1, 0.15) is 53.8 Å². The number of para-hydroxylation sites is 1. The Bertz CT molecular complexity index is 1570. The number of carbonyl (C=O) groups excluding carboxylic acids is 2. The number of hydrogen-bond donors (Lipinski definition) is 5. The maximum atomic E-state index is 12.4. The van der Waals surface area contributed by atoms with E-state index in [0.717, 1.165) is 62.4 Å². The van der Waals surface area contributed by atoms with Crippen LogP contribution in [0.3, 0.4) is 0 Å². The summed E-state index contributed by atoms with van der Waals surface area (Å²) in [6, 6.07) is 10.9. The second-order valence-corrected chi connectivity index (χ2v) is 13.0. The summed E-state index contributed by atoms with van der Waals surface area (Å²) in [4.78, 5) is 36.5. The number of aliphatic imine (C=N–C) groups is 1. The topological polar surface area (TPSA) is 167 Å². The van der Waals surface area contributed by atoms with Crippen molar-refractivity contribution >= 4 is 69.2 Å². The minimum Gasteiger partial charge on any atom is -0.354 e. The number of urea groups is 1. The molecule has 2 aliphatic rings. The van der Waals surface area contributed by atoms with Gasteiger partial charge >= 0.3 is 6.03 Å². The second-order valence-electron chi connectivity index (χ2n) is 10.5. The third kappa shape index (κ3) is 11.3. The summed E-state index contributed by atoms with van der Waals surface area (Å²) >= 11 is 11.9. The molecule has 3 amide bonds. The average Bonchev–Trinajstić information content (AvgIpc) is 3.54. The highest BCUT2D eigenvalue weighted by Gasteiger charge is 2.21. The molecule has 0 spiro atoms. The van der Waals surface area contributed by atoms with Crippen LogP contribution in [-0.4, -0.2) is 62.0 Å². The lowest BCUT2D eigenvalue weighted by Crippen LogP contribution is -2.45. The molecule has 0 radical (unpaired) electrons. The number of amides is 3. The monoisotopic (exact) mass is 710 g/mol. The van der Waals surface area contributed by atoms with Gasteiger partial charge in [-0.1, -0.05) is 60.7 Å². The molecule has 12 nitrogen and oxygen atoms in total. The van der Waals surface area contributed by atoms with Crippen LogP contribution in [-0.2, 0) is 16.4 Å². The molecule has 0 bridgehead atoms. The third-order valence-electron chi connectivity index (χ3n) is 6.98. The first kappa shape index (κ1) is 36.8. The van der Waals surface area contributed by atoms with Crippen LogP contribution in [0, 0.1) is 6.92 Å². The predicted octanol–water partition coefficient (Wildman–Crippen LogP) is 4.67. The number of halogens is 3.